The van der Waals surface area contributed by atoms with E-state index in [9.17, 15) is 0 Å². The van der Waals surface area contributed by atoms with Crippen LogP contribution in [-0.2, 0) is 0 Å². The number of nitrogens with two attached hydrogens (primary N) is 1. The predicted molar refractivity (Wildman–Crippen MR) is 63.3 cm³/mol. The molecule has 1 aliphatic heterocycles. The fourth-order valence-corrected chi connectivity index (χ4v) is 3.01. The topological polar surface area (TPSA) is 41.3 Å². The van der Waals surface area contributed by atoms with Crippen molar-refractivity contribution in [1.29, 1.82) is 0 Å². The van der Waals surface area contributed by atoms with Crippen molar-refractivity contribution in [3.63, 3.8) is 0 Å². The minimum absolute atomic E-state index is 0.219. The predicted octanol–water partition coefficient (Wildman–Crippen LogP) is 1.49. The van der Waals surface area contributed by atoms with Crippen molar-refractivity contribution in [2.75, 3.05) is 13.1 Å². The number of piperidine rings is 1. The molecule has 1 heterocycles. The summed E-state index contributed by atoms with van der Waals surface area (Å²) in [5, 5.41) is 0. The lowest BCUT2D eigenvalue weighted by Gasteiger charge is -2.46. The Morgan fingerprint density at radius 2 is 1.80 bits per heavy atom. The third-order valence-corrected chi connectivity index (χ3v) is 4.21. The van der Waals surface area contributed by atoms with Crippen LogP contribution in [0.25, 0.3) is 0 Å². The summed E-state index contributed by atoms with van der Waals surface area (Å²) in [5.41, 5.74) is 3.28. The van der Waals surface area contributed by atoms with E-state index in [-0.39, 0.29) is 5.54 Å². The summed E-state index contributed by atoms with van der Waals surface area (Å²) >= 11 is 0. The summed E-state index contributed by atoms with van der Waals surface area (Å²) in [5.74, 6) is 6.54. The molecular weight excluding hydrogens is 186 g/mol. The molecule has 2 rings (SSSR count). The molecule has 0 radical (unpaired) electrons. The van der Waals surface area contributed by atoms with Crippen LogP contribution in [0.4, 0.5) is 0 Å². The number of hydrogen-bond acceptors (Lipinski definition) is 3. The quantitative estimate of drug-likeness (QED) is 0.547. The molecule has 2 fully saturated rings. The Kier molecular flexibility index (Phi) is 3.33. The van der Waals surface area contributed by atoms with Crippen molar-refractivity contribution in [2.45, 2.75) is 57.5 Å². The van der Waals surface area contributed by atoms with Gasteiger partial charge in [0, 0.05) is 11.6 Å². The molecule has 0 aromatic heterocycles. The molecular formula is C12H25N3. The first-order valence-corrected chi connectivity index (χ1v) is 6.37. The van der Waals surface area contributed by atoms with Crippen LogP contribution in [0.1, 0.15) is 46.0 Å². The van der Waals surface area contributed by atoms with E-state index < -0.39 is 0 Å². The van der Waals surface area contributed by atoms with Gasteiger partial charge in [-0.25, -0.2) is 0 Å². The summed E-state index contributed by atoms with van der Waals surface area (Å²) in [6.07, 6.45) is 6.81. The average molecular weight is 211 g/mol. The van der Waals surface area contributed by atoms with Crippen molar-refractivity contribution in [3.8, 4) is 0 Å². The van der Waals surface area contributed by atoms with Gasteiger partial charge in [-0.05, 0) is 58.5 Å². The molecule has 0 amide bonds. The second-order valence-electron chi connectivity index (χ2n) is 5.68. The van der Waals surface area contributed by atoms with E-state index >= 15 is 0 Å². The Morgan fingerprint density at radius 3 is 2.27 bits per heavy atom. The molecule has 88 valence electrons. The van der Waals surface area contributed by atoms with E-state index in [1.807, 2.05) is 0 Å². The first-order valence-electron chi connectivity index (χ1n) is 6.37. The van der Waals surface area contributed by atoms with E-state index in [1.165, 1.54) is 45.2 Å². The summed E-state index contributed by atoms with van der Waals surface area (Å²) in [6, 6.07) is 0.468. The van der Waals surface area contributed by atoms with Crippen molar-refractivity contribution in [3.05, 3.63) is 0 Å². The van der Waals surface area contributed by atoms with Gasteiger partial charge in [0.25, 0.3) is 0 Å². The highest BCUT2D eigenvalue weighted by molar-refractivity contribution is 5.01. The molecule has 1 saturated heterocycles. The summed E-state index contributed by atoms with van der Waals surface area (Å²) in [4.78, 5) is 2.62. The lowest BCUT2D eigenvalue weighted by Crippen LogP contribution is -2.61. The highest BCUT2D eigenvalue weighted by atomic mass is 15.3. The number of hydrogen-bond donors (Lipinski definition) is 2. The molecule has 0 bridgehead atoms. The molecule has 1 saturated carbocycles. The van der Waals surface area contributed by atoms with Crippen LogP contribution >= 0.6 is 0 Å². The Bertz CT molecular complexity index is 205. The monoisotopic (exact) mass is 211 g/mol. The van der Waals surface area contributed by atoms with Gasteiger partial charge < -0.3 is 0 Å². The normalized spacial score (nSPS) is 26.6. The zero-order chi connectivity index (χ0) is 10.9. The number of nitrogens with zero attached hydrogens (tertiary/aromatic N) is 1. The first kappa shape index (κ1) is 11.4. The van der Waals surface area contributed by atoms with Crippen LogP contribution in [0.2, 0.25) is 0 Å². The van der Waals surface area contributed by atoms with Gasteiger partial charge >= 0.3 is 0 Å². The van der Waals surface area contributed by atoms with Crippen molar-refractivity contribution < 1.29 is 0 Å². The maximum absolute atomic E-state index is 5.73. The second kappa shape index (κ2) is 4.40. The SMILES string of the molecule is CC(C)(C(NN)C1CC1)N1CCCCC1. The summed E-state index contributed by atoms with van der Waals surface area (Å²) in [7, 11) is 0. The standard InChI is InChI=1S/C12H25N3/c1-12(2,11(14-13)10-6-7-10)15-8-4-3-5-9-15/h10-11,14H,3-9,13H2,1-2H3. The zero-order valence-corrected chi connectivity index (χ0v) is 10.1. The first-order chi connectivity index (χ1) is 7.16. The lowest BCUT2D eigenvalue weighted by molar-refractivity contribution is 0.0538. The van der Waals surface area contributed by atoms with Gasteiger partial charge in [0.15, 0.2) is 0 Å². The minimum atomic E-state index is 0.219. The molecule has 2 aliphatic rings. The van der Waals surface area contributed by atoms with Gasteiger partial charge in [-0.15, -0.1) is 0 Å². The van der Waals surface area contributed by atoms with Gasteiger partial charge in [-0.3, -0.25) is 16.2 Å². The van der Waals surface area contributed by atoms with Gasteiger partial charge in [0.1, 0.15) is 0 Å². The third kappa shape index (κ3) is 2.35. The maximum Gasteiger partial charge on any atom is 0.0417 e. The highest BCUT2D eigenvalue weighted by Gasteiger charge is 2.43. The zero-order valence-electron chi connectivity index (χ0n) is 10.1. The molecule has 3 heteroatoms. The molecule has 1 atom stereocenters. The van der Waals surface area contributed by atoms with Gasteiger partial charge in [0.2, 0.25) is 0 Å². The fraction of sp³-hybridized carbons (Fsp3) is 1.00. The number of rotatable bonds is 4. The van der Waals surface area contributed by atoms with Crippen LogP contribution in [0.3, 0.4) is 0 Å². The van der Waals surface area contributed by atoms with Crippen molar-refractivity contribution >= 4 is 0 Å². The molecule has 15 heavy (non-hydrogen) atoms. The minimum Gasteiger partial charge on any atom is -0.297 e. The molecule has 0 aromatic carbocycles. The van der Waals surface area contributed by atoms with Crippen molar-refractivity contribution in [1.82, 2.24) is 10.3 Å². The Balaban J connectivity index is 2.01. The maximum atomic E-state index is 5.73. The van der Waals surface area contributed by atoms with Crippen LogP contribution in [0, 0.1) is 5.92 Å². The van der Waals surface area contributed by atoms with E-state index in [1.54, 1.807) is 0 Å². The van der Waals surface area contributed by atoms with Crippen LogP contribution in [0.5, 0.6) is 0 Å². The molecule has 3 N–H and O–H groups in total. The third-order valence-electron chi connectivity index (χ3n) is 4.21. The highest BCUT2D eigenvalue weighted by Crippen LogP contribution is 2.39. The Hall–Kier alpha value is -0.120. The Labute approximate surface area is 93.4 Å². The van der Waals surface area contributed by atoms with E-state index in [4.69, 9.17) is 5.84 Å². The lowest BCUT2D eigenvalue weighted by atomic mass is 9.87. The van der Waals surface area contributed by atoms with E-state index in [0.717, 1.165) is 5.92 Å². The molecule has 1 unspecified atom stereocenters. The molecule has 1 aliphatic carbocycles. The number of hydrazine groups is 1. The van der Waals surface area contributed by atoms with Crippen LogP contribution < -0.4 is 11.3 Å². The fourth-order valence-electron chi connectivity index (χ4n) is 3.01. The van der Waals surface area contributed by atoms with Gasteiger partial charge in [0.05, 0.1) is 0 Å². The Morgan fingerprint density at radius 1 is 1.20 bits per heavy atom. The second-order valence-corrected chi connectivity index (χ2v) is 5.68. The van der Waals surface area contributed by atoms with Gasteiger partial charge in [-0.2, -0.15) is 0 Å². The molecule has 0 aromatic rings. The van der Waals surface area contributed by atoms with Crippen LogP contribution in [0.15, 0.2) is 0 Å². The molecule has 3 nitrogen and oxygen atoms in total. The van der Waals surface area contributed by atoms with Crippen molar-refractivity contribution in [2.24, 2.45) is 11.8 Å². The van der Waals surface area contributed by atoms with Gasteiger partial charge in [-0.1, -0.05) is 6.42 Å². The molecule has 0 spiro atoms. The van der Waals surface area contributed by atoms with E-state index in [0.29, 0.717) is 6.04 Å². The average Bonchev–Trinajstić information content (AvgIpc) is 3.04. The van der Waals surface area contributed by atoms with Crippen LogP contribution in [-0.4, -0.2) is 29.6 Å². The smallest absolute Gasteiger partial charge is 0.0417 e. The largest absolute Gasteiger partial charge is 0.297 e. The summed E-state index contributed by atoms with van der Waals surface area (Å²) in [6.45, 7) is 7.19. The number of nitrogens with one attached hydrogen (secondary N) is 1. The number of likely N-dealkylation sites (tertiary alicyclic amines) is 1. The summed E-state index contributed by atoms with van der Waals surface area (Å²) < 4.78 is 0. The van der Waals surface area contributed by atoms with E-state index in [2.05, 4.69) is 24.2 Å².